The molecule has 9 nitrogen and oxygen atoms in total. The molecule has 1 amide bonds. The van der Waals surface area contributed by atoms with Gasteiger partial charge in [0.1, 0.15) is 11.5 Å². The van der Waals surface area contributed by atoms with Gasteiger partial charge in [-0.1, -0.05) is 17.3 Å². The lowest BCUT2D eigenvalue weighted by Gasteiger charge is -2.16. The van der Waals surface area contributed by atoms with Crippen molar-refractivity contribution in [3.63, 3.8) is 0 Å². The van der Waals surface area contributed by atoms with Gasteiger partial charge in [0.25, 0.3) is 11.6 Å². The molecule has 0 saturated carbocycles. The van der Waals surface area contributed by atoms with Gasteiger partial charge in [-0.2, -0.15) is 0 Å². The summed E-state index contributed by atoms with van der Waals surface area (Å²) in [6.45, 7) is 7.25. The van der Waals surface area contributed by atoms with E-state index in [-0.39, 0.29) is 11.6 Å². The van der Waals surface area contributed by atoms with Gasteiger partial charge in [-0.15, -0.1) is 0 Å². The van der Waals surface area contributed by atoms with Crippen molar-refractivity contribution in [2.24, 2.45) is 0 Å². The number of rotatable bonds is 6. The molecule has 4 rings (SSSR count). The first-order valence-electron chi connectivity index (χ1n) is 10.2. The molecular weight excluding hydrogens is 444 g/mol. The Morgan fingerprint density at radius 2 is 1.88 bits per heavy atom. The SMILES string of the molecule is Cc1cc(-c2cc(C(=O)NC(C)c3cccc(NS(C)(=O)=O)c3)c3c(C)noc3n2)c(C)o1. The number of benzene rings is 1. The fourth-order valence-electron chi connectivity index (χ4n) is 3.74. The molecule has 172 valence electrons. The van der Waals surface area contributed by atoms with Crippen molar-refractivity contribution in [2.45, 2.75) is 33.7 Å². The Bertz CT molecular complexity index is 1470. The second kappa shape index (κ2) is 8.36. The highest BCUT2D eigenvalue weighted by Gasteiger charge is 2.22. The number of nitrogens with one attached hydrogen (secondary N) is 2. The highest BCUT2D eigenvalue weighted by molar-refractivity contribution is 7.92. The van der Waals surface area contributed by atoms with E-state index in [4.69, 9.17) is 8.94 Å². The Hall–Kier alpha value is -3.66. The summed E-state index contributed by atoms with van der Waals surface area (Å²) in [6.07, 6.45) is 1.08. The van der Waals surface area contributed by atoms with Crippen molar-refractivity contribution in [3.05, 3.63) is 64.7 Å². The van der Waals surface area contributed by atoms with Crippen molar-refractivity contribution in [3.8, 4) is 11.3 Å². The Kier molecular flexibility index (Phi) is 5.71. The predicted molar refractivity (Wildman–Crippen MR) is 125 cm³/mol. The molecule has 2 N–H and O–H groups in total. The van der Waals surface area contributed by atoms with Crippen LogP contribution in [-0.4, -0.2) is 30.7 Å². The highest BCUT2D eigenvalue weighted by atomic mass is 32.2. The molecule has 0 radical (unpaired) electrons. The van der Waals surface area contributed by atoms with E-state index < -0.39 is 16.1 Å². The maximum atomic E-state index is 13.3. The van der Waals surface area contributed by atoms with Gasteiger partial charge in [-0.05, 0) is 57.5 Å². The number of hydrogen-bond acceptors (Lipinski definition) is 7. The molecule has 0 bridgehead atoms. The van der Waals surface area contributed by atoms with Gasteiger partial charge in [0.15, 0.2) is 0 Å². The second-order valence-corrected chi connectivity index (χ2v) is 9.77. The number of carbonyl (C=O) groups is 1. The first-order chi connectivity index (χ1) is 15.5. The first-order valence-corrected chi connectivity index (χ1v) is 12.1. The van der Waals surface area contributed by atoms with Crippen molar-refractivity contribution < 1.29 is 22.2 Å². The lowest BCUT2D eigenvalue weighted by Crippen LogP contribution is -2.27. The van der Waals surface area contributed by atoms with Gasteiger partial charge >= 0.3 is 0 Å². The van der Waals surface area contributed by atoms with Crippen molar-refractivity contribution in [1.82, 2.24) is 15.5 Å². The molecule has 3 aromatic heterocycles. The maximum Gasteiger partial charge on any atom is 0.259 e. The van der Waals surface area contributed by atoms with E-state index in [9.17, 15) is 13.2 Å². The van der Waals surface area contributed by atoms with E-state index in [1.165, 1.54) is 0 Å². The summed E-state index contributed by atoms with van der Waals surface area (Å²) >= 11 is 0. The molecule has 0 aliphatic heterocycles. The number of aromatic nitrogens is 2. The fraction of sp³-hybridized carbons (Fsp3) is 0.261. The van der Waals surface area contributed by atoms with Gasteiger partial charge in [0.05, 0.1) is 34.6 Å². The van der Waals surface area contributed by atoms with E-state index in [1.807, 2.05) is 32.9 Å². The van der Waals surface area contributed by atoms with Crippen molar-refractivity contribution >= 4 is 32.7 Å². The maximum absolute atomic E-state index is 13.3. The Morgan fingerprint density at radius 1 is 1.12 bits per heavy atom. The van der Waals surface area contributed by atoms with Gasteiger partial charge < -0.3 is 14.3 Å². The number of fused-ring (bicyclic) bond motifs is 1. The third kappa shape index (κ3) is 4.75. The molecule has 0 fully saturated rings. The van der Waals surface area contributed by atoms with E-state index in [0.29, 0.717) is 33.8 Å². The third-order valence-electron chi connectivity index (χ3n) is 5.22. The lowest BCUT2D eigenvalue weighted by atomic mass is 10.0. The summed E-state index contributed by atoms with van der Waals surface area (Å²) in [4.78, 5) is 17.9. The average molecular weight is 469 g/mol. The molecule has 0 aliphatic rings. The summed E-state index contributed by atoms with van der Waals surface area (Å²) in [5.74, 6) is 1.09. The molecule has 0 spiro atoms. The van der Waals surface area contributed by atoms with Crippen LogP contribution in [0.2, 0.25) is 0 Å². The number of nitrogens with zero attached hydrogens (tertiary/aromatic N) is 2. The largest absolute Gasteiger partial charge is 0.466 e. The monoisotopic (exact) mass is 468 g/mol. The number of sulfonamides is 1. The van der Waals surface area contributed by atoms with Crippen LogP contribution in [0.3, 0.4) is 0 Å². The van der Waals surface area contributed by atoms with E-state index in [0.717, 1.165) is 23.1 Å². The first kappa shape index (κ1) is 22.5. The fourth-order valence-corrected chi connectivity index (χ4v) is 4.30. The Labute approximate surface area is 191 Å². The molecule has 0 aliphatic carbocycles. The summed E-state index contributed by atoms with van der Waals surface area (Å²) in [5, 5.41) is 7.49. The zero-order valence-corrected chi connectivity index (χ0v) is 19.7. The topological polar surface area (TPSA) is 127 Å². The summed E-state index contributed by atoms with van der Waals surface area (Å²) in [6, 6.07) is 10.0. The number of anilines is 1. The van der Waals surface area contributed by atoms with Gasteiger partial charge in [-0.3, -0.25) is 9.52 Å². The van der Waals surface area contributed by atoms with Gasteiger partial charge in [0.2, 0.25) is 10.0 Å². The van der Waals surface area contributed by atoms with Crippen LogP contribution in [0.1, 0.15) is 46.1 Å². The molecule has 1 atom stereocenters. The molecule has 0 saturated heterocycles. The number of pyridine rings is 1. The van der Waals surface area contributed by atoms with Crippen LogP contribution in [0.25, 0.3) is 22.4 Å². The summed E-state index contributed by atoms with van der Waals surface area (Å²) in [7, 11) is -3.41. The quantitative estimate of drug-likeness (QED) is 0.432. The highest BCUT2D eigenvalue weighted by Crippen LogP contribution is 2.31. The van der Waals surface area contributed by atoms with Crippen LogP contribution in [0.4, 0.5) is 5.69 Å². The molecule has 1 aromatic carbocycles. The lowest BCUT2D eigenvalue weighted by molar-refractivity contribution is 0.0941. The minimum atomic E-state index is -3.41. The van der Waals surface area contributed by atoms with Crippen LogP contribution >= 0.6 is 0 Å². The number of amides is 1. The molecule has 10 heteroatoms. The zero-order chi connectivity index (χ0) is 23.9. The van der Waals surface area contributed by atoms with Crippen LogP contribution in [0.15, 0.2) is 45.3 Å². The van der Waals surface area contributed by atoms with Gasteiger partial charge in [0, 0.05) is 11.3 Å². The number of furan rings is 1. The Morgan fingerprint density at radius 3 is 2.55 bits per heavy atom. The molecule has 1 unspecified atom stereocenters. The van der Waals surface area contributed by atoms with Crippen molar-refractivity contribution in [2.75, 3.05) is 11.0 Å². The van der Waals surface area contributed by atoms with Crippen LogP contribution < -0.4 is 10.0 Å². The van der Waals surface area contributed by atoms with Crippen LogP contribution in [0.5, 0.6) is 0 Å². The van der Waals surface area contributed by atoms with Crippen LogP contribution in [0, 0.1) is 20.8 Å². The van der Waals surface area contributed by atoms with E-state index >= 15 is 0 Å². The Balaban J connectivity index is 1.69. The van der Waals surface area contributed by atoms with E-state index in [1.54, 1.807) is 31.2 Å². The summed E-state index contributed by atoms with van der Waals surface area (Å²) in [5.41, 5.74) is 3.68. The average Bonchev–Trinajstić information content (AvgIpc) is 3.27. The van der Waals surface area contributed by atoms with Crippen molar-refractivity contribution in [1.29, 1.82) is 0 Å². The molecule has 4 aromatic rings. The normalized spacial score (nSPS) is 12.6. The third-order valence-corrected chi connectivity index (χ3v) is 5.82. The second-order valence-electron chi connectivity index (χ2n) is 8.02. The molecule has 3 heterocycles. The molecule has 33 heavy (non-hydrogen) atoms. The number of hydrogen-bond donors (Lipinski definition) is 2. The van der Waals surface area contributed by atoms with Gasteiger partial charge in [-0.25, -0.2) is 13.4 Å². The number of carbonyl (C=O) groups excluding carboxylic acids is 1. The number of aryl methyl sites for hydroxylation is 3. The smallest absolute Gasteiger partial charge is 0.259 e. The van der Waals surface area contributed by atoms with E-state index in [2.05, 4.69) is 20.2 Å². The minimum absolute atomic E-state index is 0.264. The van der Waals surface area contributed by atoms with Crippen LogP contribution in [-0.2, 0) is 10.0 Å². The minimum Gasteiger partial charge on any atom is -0.466 e. The standard InChI is InChI=1S/C23H24N4O5S/c1-12-9-18(15(4)31-12)20-11-19(21-14(3)26-32-23(21)25-20)22(28)24-13(2)16-7-6-8-17(10-16)27-33(5,29)30/h6-11,13,27H,1-5H3,(H,24,28). The summed E-state index contributed by atoms with van der Waals surface area (Å²) < 4.78 is 36.5. The zero-order valence-electron chi connectivity index (χ0n) is 18.9. The molecular formula is C23H24N4O5S. The predicted octanol–water partition coefficient (Wildman–Crippen LogP) is 4.27.